The van der Waals surface area contributed by atoms with Gasteiger partial charge in [-0.15, -0.1) is 0 Å². The first kappa shape index (κ1) is 15.1. The van der Waals surface area contributed by atoms with Crippen LogP contribution in [0.2, 0.25) is 0 Å². The fourth-order valence-corrected chi connectivity index (χ4v) is 1.26. The molecule has 0 amide bonds. The highest BCUT2D eigenvalue weighted by atomic mass is 16.6. The number of carboxylic acids is 1. The minimum Gasteiger partial charge on any atom is -0.478 e. The van der Waals surface area contributed by atoms with E-state index in [2.05, 4.69) is 0 Å². The van der Waals surface area contributed by atoms with Gasteiger partial charge in [-0.25, -0.2) is 4.79 Å². The van der Waals surface area contributed by atoms with E-state index in [0.29, 0.717) is 5.56 Å². The van der Waals surface area contributed by atoms with E-state index in [1.54, 1.807) is 0 Å². The molecule has 0 atom stereocenters. The number of rotatable bonds is 3. The van der Waals surface area contributed by atoms with Crippen LogP contribution in [0, 0.1) is 10.1 Å². The zero-order chi connectivity index (χ0) is 14.8. The maximum absolute atomic E-state index is 10.3. The molecule has 0 fully saturated rings. The second-order valence-electron chi connectivity index (χ2n) is 3.67. The molecule has 0 aliphatic rings. The molecule has 0 spiro atoms. The summed E-state index contributed by atoms with van der Waals surface area (Å²) in [4.78, 5) is 19.9. The van der Waals surface area contributed by atoms with Crippen molar-refractivity contribution in [1.29, 1.82) is 0 Å². The van der Waals surface area contributed by atoms with Crippen molar-refractivity contribution < 1.29 is 14.8 Å². The van der Waals surface area contributed by atoms with Crippen molar-refractivity contribution in [2.45, 2.75) is 0 Å². The Morgan fingerprint density at radius 1 is 1.00 bits per heavy atom. The number of nitro groups is 1. The molecule has 0 aliphatic heterocycles. The minimum absolute atomic E-state index is 0.0162. The zero-order valence-corrected chi connectivity index (χ0v) is 10.5. The molecular formula is C15H13NO4. The number of carboxylic acid groups (broad SMARTS) is 1. The molecule has 0 radical (unpaired) electrons. The maximum atomic E-state index is 10.3. The van der Waals surface area contributed by atoms with Crippen LogP contribution in [0.5, 0.6) is 0 Å². The largest absolute Gasteiger partial charge is 0.478 e. The lowest BCUT2D eigenvalue weighted by molar-refractivity contribution is -0.384. The Hall–Kier alpha value is -2.95. The Morgan fingerprint density at radius 2 is 1.45 bits per heavy atom. The molecule has 5 heteroatoms. The summed E-state index contributed by atoms with van der Waals surface area (Å²) in [6, 6.07) is 17.6. The van der Waals surface area contributed by atoms with Gasteiger partial charge in [-0.1, -0.05) is 36.4 Å². The van der Waals surface area contributed by atoms with Gasteiger partial charge in [0, 0.05) is 18.2 Å². The smallest absolute Gasteiger partial charge is 0.328 e. The monoisotopic (exact) mass is 271 g/mol. The van der Waals surface area contributed by atoms with Gasteiger partial charge in [0.15, 0.2) is 0 Å². The van der Waals surface area contributed by atoms with Crippen LogP contribution in [0.25, 0.3) is 6.08 Å². The van der Waals surface area contributed by atoms with Crippen molar-refractivity contribution >= 4 is 17.7 Å². The van der Waals surface area contributed by atoms with E-state index in [0.717, 1.165) is 6.08 Å². The molecule has 2 aromatic carbocycles. The summed E-state index contributed by atoms with van der Waals surface area (Å²) in [5, 5.41) is 18.6. The lowest BCUT2D eigenvalue weighted by atomic mass is 10.2. The lowest BCUT2D eigenvalue weighted by Gasteiger charge is -1.92. The van der Waals surface area contributed by atoms with Gasteiger partial charge in [-0.3, -0.25) is 10.1 Å². The minimum atomic E-state index is -1.05. The first-order chi connectivity index (χ1) is 9.59. The Kier molecular flexibility index (Phi) is 6.20. The number of hydrogen-bond acceptors (Lipinski definition) is 3. The van der Waals surface area contributed by atoms with Crippen molar-refractivity contribution in [2.24, 2.45) is 0 Å². The third-order valence-corrected chi connectivity index (χ3v) is 2.19. The highest BCUT2D eigenvalue weighted by molar-refractivity contribution is 5.85. The molecule has 0 aromatic heterocycles. The van der Waals surface area contributed by atoms with Crippen LogP contribution in [0.4, 0.5) is 5.69 Å². The number of benzene rings is 2. The van der Waals surface area contributed by atoms with Crippen LogP contribution in [0.3, 0.4) is 0 Å². The Balaban J connectivity index is 0.000000276. The van der Waals surface area contributed by atoms with Crippen LogP contribution >= 0.6 is 0 Å². The number of aliphatic carboxylic acids is 1. The molecule has 0 saturated heterocycles. The Bertz CT molecular complexity index is 550. The van der Waals surface area contributed by atoms with Crippen molar-refractivity contribution in [3.05, 3.63) is 82.4 Å². The van der Waals surface area contributed by atoms with Gasteiger partial charge in [0.25, 0.3) is 5.69 Å². The number of carbonyl (C=O) groups is 1. The van der Waals surface area contributed by atoms with Crippen molar-refractivity contribution in [3.8, 4) is 0 Å². The van der Waals surface area contributed by atoms with E-state index >= 15 is 0 Å². The number of hydrogen-bond donors (Lipinski definition) is 1. The quantitative estimate of drug-likeness (QED) is 0.527. The maximum Gasteiger partial charge on any atom is 0.328 e. The summed E-state index contributed by atoms with van der Waals surface area (Å²) in [6.45, 7) is 0. The summed E-state index contributed by atoms with van der Waals surface area (Å²) in [5.74, 6) is -1.05. The highest BCUT2D eigenvalue weighted by Gasteiger charge is 2.02. The van der Waals surface area contributed by atoms with E-state index in [1.165, 1.54) is 30.3 Å². The van der Waals surface area contributed by atoms with Crippen molar-refractivity contribution in [1.82, 2.24) is 0 Å². The Labute approximate surface area is 116 Å². The molecule has 2 aromatic rings. The van der Waals surface area contributed by atoms with E-state index in [1.807, 2.05) is 36.4 Å². The molecule has 5 nitrogen and oxygen atoms in total. The fourth-order valence-electron chi connectivity index (χ4n) is 1.26. The summed E-state index contributed by atoms with van der Waals surface area (Å²) in [7, 11) is 0. The standard InChI is InChI=1S/C9H7NO4.C6H6/c11-9(12)6-3-7-1-4-8(5-2-7)10(13)14;1-2-4-6-5-3-1/h1-6H,(H,11,12);1-6H. The topological polar surface area (TPSA) is 80.4 Å². The fraction of sp³-hybridized carbons (Fsp3) is 0. The summed E-state index contributed by atoms with van der Waals surface area (Å²) >= 11 is 0. The van der Waals surface area contributed by atoms with Gasteiger partial charge in [-0.05, 0) is 23.8 Å². The van der Waals surface area contributed by atoms with Crippen molar-refractivity contribution in [2.75, 3.05) is 0 Å². The van der Waals surface area contributed by atoms with E-state index in [-0.39, 0.29) is 5.69 Å². The van der Waals surface area contributed by atoms with Gasteiger partial charge in [0.1, 0.15) is 0 Å². The Morgan fingerprint density at radius 3 is 1.80 bits per heavy atom. The third-order valence-electron chi connectivity index (χ3n) is 2.19. The van der Waals surface area contributed by atoms with E-state index < -0.39 is 10.9 Å². The van der Waals surface area contributed by atoms with Gasteiger partial charge in [0.05, 0.1) is 4.92 Å². The number of non-ortho nitro benzene ring substituents is 1. The van der Waals surface area contributed by atoms with Gasteiger partial charge in [0.2, 0.25) is 0 Å². The normalized spacial score (nSPS) is 9.60. The second kappa shape index (κ2) is 8.20. The van der Waals surface area contributed by atoms with Crippen molar-refractivity contribution in [3.63, 3.8) is 0 Å². The molecule has 20 heavy (non-hydrogen) atoms. The molecule has 0 heterocycles. The van der Waals surface area contributed by atoms with Crippen LogP contribution < -0.4 is 0 Å². The molecule has 0 bridgehead atoms. The SMILES string of the molecule is O=C(O)C=Cc1ccc([N+](=O)[O-])cc1.c1ccccc1. The summed E-state index contributed by atoms with van der Waals surface area (Å²) in [6.07, 6.45) is 2.34. The average molecular weight is 271 g/mol. The van der Waals surface area contributed by atoms with Gasteiger partial charge >= 0.3 is 5.97 Å². The molecule has 102 valence electrons. The molecule has 0 aliphatic carbocycles. The first-order valence-electron chi connectivity index (χ1n) is 5.75. The molecule has 2 rings (SSSR count). The lowest BCUT2D eigenvalue weighted by Crippen LogP contribution is -1.88. The predicted molar refractivity (Wildman–Crippen MR) is 76.2 cm³/mol. The molecular weight excluding hydrogens is 258 g/mol. The molecule has 0 unspecified atom stereocenters. The van der Waals surface area contributed by atoms with E-state index in [9.17, 15) is 14.9 Å². The molecule has 0 saturated carbocycles. The number of nitro benzene ring substituents is 1. The highest BCUT2D eigenvalue weighted by Crippen LogP contribution is 2.12. The summed E-state index contributed by atoms with van der Waals surface area (Å²) < 4.78 is 0. The van der Waals surface area contributed by atoms with Crippen LogP contribution in [-0.4, -0.2) is 16.0 Å². The average Bonchev–Trinajstić information content (AvgIpc) is 2.48. The number of nitrogens with zero attached hydrogens (tertiary/aromatic N) is 1. The first-order valence-corrected chi connectivity index (χ1v) is 5.75. The van der Waals surface area contributed by atoms with Crippen LogP contribution in [0.15, 0.2) is 66.7 Å². The second-order valence-corrected chi connectivity index (χ2v) is 3.67. The third kappa shape index (κ3) is 6.11. The van der Waals surface area contributed by atoms with Gasteiger partial charge in [-0.2, -0.15) is 0 Å². The van der Waals surface area contributed by atoms with E-state index in [4.69, 9.17) is 5.11 Å². The zero-order valence-electron chi connectivity index (χ0n) is 10.5. The van der Waals surface area contributed by atoms with Gasteiger partial charge < -0.3 is 5.11 Å². The predicted octanol–water partition coefficient (Wildman–Crippen LogP) is 3.38. The molecule has 1 N–H and O–H groups in total. The van der Waals surface area contributed by atoms with Crippen LogP contribution in [-0.2, 0) is 4.79 Å². The van der Waals surface area contributed by atoms with Crippen LogP contribution in [0.1, 0.15) is 5.56 Å². The summed E-state index contributed by atoms with van der Waals surface area (Å²) in [5.41, 5.74) is 0.593.